The summed E-state index contributed by atoms with van der Waals surface area (Å²) in [6.07, 6.45) is 0. The molecule has 0 aliphatic heterocycles. The van der Waals surface area contributed by atoms with Crippen molar-refractivity contribution >= 4 is 16.6 Å². The smallest absolute Gasteiger partial charge is 0.193 e. The maximum Gasteiger partial charge on any atom is 0.193 e. The lowest BCUT2D eigenvalue weighted by Gasteiger charge is -2.05. The number of carbonyl (C=O) groups is 1. The van der Waals surface area contributed by atoms with E-state index in [1.807, 2.05) is 48.5 Å². The number of ketones is 1. The fourth-order valence-corrected chi connectivity index (χ4v) is 2.18. The van der Waals surface area contributed by atoms with Crippen LogP contribution in [0.15, 0.2) is 66.7 Å². The molecule has 0 saturated heterocycles. The topological polar surface area (TPSA) is 37.3 Å². The number of phenols is 1. The Hall–Kier alpha value is -2.61. The molecule has 0 bridgehead atoms. The van der Waals surface area contributed by atoms with Gasteiger partial charge in [0, 0.05) is 16.5 Å². The third kappa shape index (κ3) is 2.08. The van der Waals surface area contributed by atoms with E-state index < -0.39 is 0 Å². The number of benzene rings is 3. The Labute approximate surface area is 110 Å². The second kappa shape index (κ2) is 4.58. The molecule has 1 N–H and O–H groups in total. The lowest BCUT2D eigenvalue weighted by Crippen LogP contribution is -2.00. The molecule has 3 aromatic carbocycles. The van der Waals surface area contributed by atoms with Crippen LogP contribution >= 0.6 is 0 Å². The zero-order valence-electron chi connectivity index (χ0n) is 10.2. The molecular weight excluding hydrogens is 236 g/mol. The molecule has 19 heavy (non-hydrogen) atoms. The zero-order valence-corrected chi connectivity index (χ0v) is 10.2. The summed E-state index contributed by atoms with van der Waals surface area (Å²) in [6.45, 7) is 0. The largest absolute Gasteiger partial charge is 0.507 e. The van der Waals surface area contributed by atoms with Gasteiger partial charge in [-0.1, -0.05) is 54.6 Å². The van der Waals surface area contributed by atoms with Gasteiger partial charge in [-0.05, 0) is 17.5 Å². The van der Waals surface area contributed by atoms with E-state index in [0.717, 1.165) is 10.8 Å². The third-order valence-corrected chi connectivity index (χ3v) is 3.14. The van der Waals surface area contributed by atoms with Crippen molar-refractivity contribution in [1.82, 2.24) is 0 Å². The predicted octanol–water partition coefficient (Wildman–Crippen LogP) is 3.78. The van der Waals surface area contributed by atoms with E-state index in [1.54, 1.807) is 12.1 Å². The van der Waals surface area contributed by atoms with E-state index in [-0.39, 0.29) is 11.5 Å². The molecule has 0 aliphatic carbocycles. The molecule has 2 nitrogen and oxygen atoms in total. The highest BCUT2D eigenvalue weighted by atomic mass is 16.3. The Morgan fingerprint density at radius 3 is 2.26 bits per heavy atom. The fraction of sp³-hybridized carbons (Fsp3) is 0. The quantitative estimate of drug-likeness (QED) is 0.701. The van der Waals surface area contributed by atoms with Crippen molar-refractivity contribution < 1.29 is 9.90 Å². The molecule has 3 aromatic rings. The van der Waals surface area contributed by atoms with Crippen LogP contribution in [0.25, 0.3) is 10.8 Å². The molecule has 2 heteroatoms. The molecule has 0 heterocycles. The summed E-state index contributed by atoms with van der Waals surface area (Å²) in [7, 11) is 0. The normalized spacial score (nSPS) is 10.5. The highest BCUT2D eigenvalue weighted by molar-refractivity contribution is 6.11. The first-order valence-corrected chi connectivity index (χ1v) is 6.07. The van der Waals surface area contributed by atoms with Crippen molar-refractivity contribution in [3.05, 3.63) is 77.9 Å². The van der Waals surface area contributed by atoms with Gasteiger partial charge >= 0.3 is 0 Å². The van der Waals surface area contributed by atoms with Crippen LogP contribution in [0.2, 0.25) is 0 Å². The van der Waals surface area contributed by atoms with Gasteiger partial charge in [0.1, 0.15) is 5.75 Å². The van der Waals surface area contributed by atoms with Crippen molar-refractivity contribution in [3.8, 4) is 5.75 Å². The Bertz CT molecular complexity index is 746. The summed E-state index contributed by atoms with van der Waals surface area (Å²) in [5, 5.41) is 11.6. The molecule has 0 atom stereocenters. The summed E-state index contributed by atoms with van der Waals surface area (Å²) < 4.78 is 0. The molecule has 0 aromatic heterocycles. The summed E-state index contributed by atoms with van der Waals surface area (Å²) in [5.74, 6) is 0.0547. The van der Waals surface area contributed by atoms with Crippen LogP contribution in [-0.4, -0.2) is 10.9 Å². The third-order valence-electron chi connectivity index (χ3n) is 3.14. The monoisotopic (exact) mass is 248 g/mol. The molecular formula is C17H12O2. The lowest BCUT2D eigenvalue weighted by molar-refractivity contribution is 0.103. The number of hydrogen-bond donors (Lipinski definition) is 1. The van der Waals surface area contributed by atoms with Gasteiger partial charge in [-0.25, -0.2) is 0 Å². The first-order valence-electron chi connectivity index (χ1n) is 6.07. The number of rotatable bonds is 2. The number of aromatic hydroxyl groups is 1. The fourth-order valence-electron chi connectivity index (χ4n) is 2.18. The van der Waals surface area contributed by atoms with Gasteiger partial charge in [-0.3, -0.25) is 4.79 Å². The highest BCUT2D eigenvalue weighted by Gasteiger charge is 2.11. The Balaban J connectivity index is 2.14. The van der Waals surface area contributed by atoms with Crippen LogP contribution in [-0.2, 0) is 0 Å². The minimum Gasteiger partial charge on any atom is -0.507 e. The van der Waals surface area contributed by atoms with Crippen molar-refractivity contribution in [2.45, 2.75) is 0 Å². The summed E-state index contributed by atoms with van der Waals surface area (Å²) in [4.78, 5) is 12.3. The number of phenolic OH excluding ortho intramolecular Hbond substituents is 1. The minimum atomic E-state index is -0.0818. The first kappa shape index (κ1) is 11.5. The second-order valence-corrected chi connectivity index (χ2v) is 4.41. The van der Waals surface area contributed by atoms with Gasteiger partial charge in [-0.15, -0.1) is 0 Å². The van der Waals surface area contributed by atoms with Gasteiger partial charge in [0.2, 0.25) is 0 Å². The van der Waals surface area contributed by atoms with Gasteiger partial charge in [0.05, 0.1) is 0 Å². The Kier molecular flexibility index (Phi) is 2.76. The van der Waals surface area contributed by atoms with Gasteiger partial charge in [-0.2, -0.15) is 0 Å². The van der Waals surface area contributed by atoms with E-state index in [4.69, 9.17) is 0 Å². The summed E-state index contributed by atoms with van der Waals surface area (Å²) in [5.41, 5.74) is 1.12. The van der Waals surface area contributed by atoms with Crippen molar-refractivity contribution in [1.29, 1.82) is 0 Å². The van der Waals surface area contributed by atoms with Crippen LogP contribution in [0.5, 0.6) is 5.75 Å². The van der Waals surface area contributed by atoms with Crippen LogP contribution in [0.4, 0.5) is 0 Å². The molecule has 0 aliphatic rings. The summed E-state index contributed by atoms with van der Waals surface area (Å²) in [6, 6.07) is 19.9. The lowest BCUT2D eigenvalue weighted by atomic mass is 9.99. The van der Waals surface area contributed by atoms with Crippen LogP contribution in [0.3, 0.4) is 0 Å². The Morgan fingerprint density at radius 1 is 0.789 bits per heavy atom. The predicted molar refractivity (Wildman–Crippen MR) is 75.5 cm³/mol. The van der Waals surface area contributed by atoms with Crippen molar-refractivity contribution in [2.75, 3.05) is 0 Å². The van der Waals surface area contributed by atoms with Crippen LogP contribution in [0, 0.1) is 0 Å². The maximum absolute atomic E-state index is 12.3. The average molecular weight is 248 g/mol. The Morgan fingerprint density at radius 2 is 1.47 bits per heavy atom. The van der Waals surface area contributed by atoms with E-state index in [0.29, 0.717) is 11.1 Å². The van der Waals surface area contributed by atoms with Gasteiger partial charge in [0.25, 0.3) is 0 Å². The number of fused-ring (bicyclic) bond motifs is 1. The van der Waals surface area contributed by atoms with Gasteiger partial charge < -0.3 is 5.11 Å². The average Bonchev–Trinajstić information content (AvgIpc) is 2.47. The SMILES string of the molecule is O=C(c1ccccc1)c1cc(O)c2ccccc2c1. The molecule has 92 valence electrons. The van der Waals surface area contributed by atoms with Crippen molar-refractivity contribution in [3.63, 3.8) is 0 Å². The minimum absolute atomic E-state index is 0.0818. The number of carbonyl (C=O) groups excluding carboxylic acids is 1. The summed E-state index contributed by atoms with van der Waals surface area (Å²) >= 11 is 0. The molecule has 0 radical (unpaired) electrons. The molecule has 0 saturated carbocycles. The molecule has 3 rings (SSSR count). The molecule has 0 fully saturated rings. The van der Waals surface area contributed by atoms with E-state index in [9.17, 15) is 9.90 Å². The van der Waals surface area contributed by atoms with Crippen LogP contribution in [0.1, 0.15) is 15.9 Å². The van der Waals surface area contributed by atoms with E-state index >= 15 is 0 Å². The molecule has 0 amide bonds. The van der Waals surface area contributed by atoms with E-state index in [2.05, 4.69) is 0 Å². The van der Waals surface area contributed by atoms with E-state index in [1.165, 1.54) is 6.07 Å². The zero-order chi connectivity index (χ0) is 13.2. The maximum atomic E-state index is 12.3. The first-order chi connectivity index (χ1) is 9.25. The highest BCUT2D eigenvalue weighted by Crippen LogP contribution is 2.27. The molecule has 0 unspecified atom stereocenters. The number of hydrogen-bond acceptors (Lipinski definition) is 2. The molecule has 0 spiro atoms. The standard InChI is InChI=1S/C17H12O2/c18-16-11-14(10-13-8-4-5-9-15(13)16)17(19)12-6-2-1-3-7-12/h1-11,18H. The van der Waals surface area contributed by atoms with Gasteiger partial charge in [0.15, 0.2) is 5.78 Å². The van der Waals surface area contributed by atoms with Crippen LogP contribution < -0.4 is 0 Å². The van der Waals surface area contributed by atoms with Crippen molar-refractivity contribution in [2.24, 2.45) is 0 Å². The second-order valence-electron chi connectivity index (χ2n) is 4.41.